The van der Waals surface area contributed by atoms with E-state index in [0.29, 0.717) is 36.3 Å². The van der Waals surface area contributed by atoms with Gasteiger partial charge in [-0.1, -0.05) is 25.3 Å². The number of nitrogens with one attached hydrogen (secondary N) is 2. The second-order valence-corrected chi connectivity index (χ2v) is 7.42. The summed E-state index contributed by atoms with van der Waals surface area (Å²) in [6.07, 6.45) is 5.93. The summed E-state index contributed by atoms with van der Waals surface area (Å²) in [6, 6.07) is 6.39. The number of Topliss-reactive ketones (excluding diaryl/α,β-unsaturated/α-hetero) is 1. The Hall–Kier alpha value is -1.89. The summed E-state index contributed by atoms with van der Waals surface area (Å²) in [6.45, 7) is 2.59. The zero-order valence-electron chi connectivity index (χ0n) is 15.9. The molecule has 1 aromatic carbocycles. The van der Waals surface area contributed by atoms with Crippen LogP contribution in [-0.4, -0.2) is 44.7 Å². The number of carbonyl (C=O) groups is 1. The van der Waals surface area contributed by atoms with Gasteiger partial charge in [-0.3, -0.25) is 4.79 Å². The Kier molecular flexibility index (Phi) is 5.76. The molecule has 6 nitrogen and oxygen atoms in total. The van der Waals surface area contributed by atoms with Crippen LogP contribution < -0.4 is 15.4 Å². The van der Waals surface area contributed by atoms with Crippen molar-refractivity contribution in [1.82, 2.24) is 10.6 Å². The highest BCUT2D eigenvalue weighted by Crippen LogP contribution is 2.32. The maximum atomic E-state index is 12.8. The minimum Gasteiger partial charge on any atom is -0.493 e. The molecule has 1 saturated heterocycles. The zero-order chi connectivity index (χ0) is 18.6. The van der Waals surface area contributed by atoms with Crippen LogP contribution in [0.1, 0.15) is 48.2 Å². The highest BCUT2D eigenvalue weighted by Gasteiger charge is 2.27. The number of carbonyl (C=O) groups excluding carboxylic acids is 1. The van der Waals surface area contributed by atoms with Crippen LogP contribution in [0.5, 0.6) is 5.75 Å². The highest BCUT2D eigenvalue weighted by molar-refractivity contribution is 6.02. The van der Waals surface area contributed by atoms with E-state index in [0.717, 1.165) is 24.0 Å². The average Bonchev–Trinajstić information content (AvgIpc) is 3.18. The fourth-order valence-electron chi connectivity index (χ4n) is 4.04. The van der Waals surface area contributed by atoms with Crippen LogP contribution >= 0.6 is 0 Å². The van der Waals surface area contributed by atoms with Gasteiger partial charge >= 0.3 is 0 Å². The lowest BCUT2D eigenvalue weighted by Crippen LogP contribution is -2.43. The molecule has 146 valence electrons. The van der Waals surface area contributed by atoms with Crippen molar-refractivity contribution >= 4 is 16.8 Å². The molecular formula is C21H28N2O4. The Balaban J connectivity index is 1.58. The third-order valence-corrected chi connectivity index (χ3v) is 5.61. The first kappa shape index (κ1) is 18.5. The number of hydrogen-bond donors (Lipinski definition) is 2. The van der Waals surface area contributed by atoms with Crippen molar-refractivity contribution < 1.29 is 18.7 Å². The van der Waals surface area contributed by atoms with Crippen LogP contribution in [0.15, 0.2) is 22.6 Å². The Bertz CT molecular complexity index is 789. The lowest BCUT2D eigenvalue weighted by molar-refractivity contribution is 0.0251. The fourth-order valence-corrected chi connectivity index (χ4v) is 4.04. The Labute approximate surface area is 159 Å². The molecule has 1 saturated carbocycles. The van der Waals surface area contributed by atoms with Crippen LogP contribution in [0.2, 0.25) is 0 Å². The normalized spacial score (nSPS) is 21.4. The van der Waals surface area contributed by atoms with Crippen molar-refractivity contribution in [3.05, 3.63) is 29.5 Å². The van der Waals surface area contributed by atoms with E-state index in [4.69, 9.17) is 13.9 Å². The SMILES string of the molecule is COc1ccc(CNC2CCCCC2)c2cc(C(=O)C3CNCCO3)oc12. The third kappa shape index (κ3) is 4.03. The summed E-state index contributed by atoms with van der Waals surface area (Å²) in [7, 11) is 1.62. The van der Waals surface area contributed by atoms with Gasteiger partial charge in [-0.2, -0.15) is 0 Å². The molecule has 2 aliphatic rings. The summed E-state index contributed by atoms with van der Waals surface area (Å²) in [5.74, 6) is 0.863. The van der Waals surface area contributed by atoms with Crippen molar-refractivity contribution in [3.63, 3.8) is 0 Å². The second-order valence-electron chi connectivity index (χ2n) is 7.42. The molecule has 1 aliphatic carbocycles. The van der Waals surface area contributed by atoms with Crippen molar-refractivity contribution in [2.75, 3.05) is 26.8 Å². The first-order chi connectivity index (χ1) is 13.3. The molecule has 27 heavy (non-hydrogen) atoms. The Morgan fingerprint density at radius 3 is 2.89 bits per heavy atom. The molecule has 1 aromatic heterocycles. The number of fused-ring (bicyclic) bond motifs is 1. The third-order valence-electron chi connectivity index (χ3n) is 5.61. The topological polar surface area (TPSA) is 72.7 Å². The van der Waals surface area contributed by atoms with Gasteiger partial charge in [0.1, 0.15) is 6.10 Å². The number of ether oxygens (including phenoxy) is 2. The minimum absolute atomic E-state index is 0.119. The largest absolute Gasteiger partial charge is 0.493 e. The highest BCUT2D eigenvalue weighted by atomic mass is 16.5. The number of rotatable bonds is 6. The van der Waals surface area contributed by atoms with E-state index in [1.807, 2.05) is 12.1 Å². The average molecular weight is 372 g/mol. The maximum absolute atomic E-state index is 12.8. The van der Waals surface area contributed by atoms with E-state index in [1.54, 1.807) is 7.11 Å². The zero-order valence-corrected chi connectivity index (χ0v) is 15.9. The summed E-state index contributed by atoms with van der Waals surface area (Å²) < 4.78 is 17.0. The standard InChI is InChI=1S/C21H28N2O4/c1-25-17-8-7-14(12-23-15-5-3-2-4-6-15)16-11-18(27-21(16)17)20(24)19-13-22-9-10-26-19/h7-8,11,15,19,22-23H,2-6,9-10,12-13H2,1H3. The summed E-state index contributed by atoms with van der Waals surface area (Å²) >= 11 is 0. The maximum Gasteiger partial charge on any atom is 0.227 e. The number of hydrogen-bond acceptors (Lipinski definition) is 6. The monoisotopic (exact) mass is 372 g/mol. The van der Waals surface area contributed by atoms with Crippen LogP contribution in [0.3, 0.4) is 0 Å². The van der Waals surface area contributed by atoms with Gasteiger partial charge in [0.2, 0.25) is 5.78 Å². The predicted octanol–water partition coefficient (Wildman–Crippen LogP) is 3.03. The van der Waals surface area contributed by atoms with Crippen molar-refractivity contribution in [2.24, 2.45) is 0 Å². The van der Waals surface area contributed by atoms with Crippen molar-refractivity contribution in [2.45, 2.75) is 50.8 Å². The molecule has 0 spiro atoms. The van der Waals surface area contributed by atoms with Gasteiger partial charge in [-0.25, -0.2) is 0 Å². The van der Waals surface area contributed by atoms with E-state index >= 15 is 0 Å². The summed E-state index contributed by atoms with van der Waals surface area (Å²) in [5, 5.41) is 7.79. The summed E-state index contributed by atoms with van der Waals surface area (Å²) in [5.41, 5.74) is 1.76. The number of benzene rings is 1. The van der Waals surface area contributed by atoms with E-state index in [1.165, 1.54) is 32.1 Å². The Morgan fingerprint density at radius 1 is 1.30 bits per heavy atom. The van der Waals surface area contributed by atoms with E-state index in [-0.39, 0.29) is 5.78 Å². The van der Waals surface area contributed by atoms with Gasteiger partial charge in [-0.15, -0.1) is 0 Å². The van der Waals surface area contributed by atoms with Gasteiger partial charge in [-0.05, 0) is 30.5 Å². The van der Waals surface area contributed by atoms with Gasteiger partial charge in [0.25, 0.3) is 0 Å². The molecule has 0 bridgehead atoms. The molecule has 1 unspecified atom stereocenters. The molecule has 2 N–H and O–H groups in total. The first-order valence-electron chi connectivity index (χ1n) is 9.95. The number of ketones is 1. The van der Waals surface area contributed by atoms with Gasteiger partial charge in [0.05, 0.1) is 13.7 Å². The fraction of sp³-hybridized carbons (Fsp3) is 0.571. The number of methoxy groups -OCH3 is 1. The molecule has 2 aromatic rings. The van der Waals surface area contributed by atoms with E-state index in [2.05, 4.69) is 16.7 Å². The molecule has 6 heteroatoms. The lowest BCUT2D eigenvalue weighted by atomic mass is 9.95. The van der Waals surface area contributed by atoms with Crippen LogP contribution in [0, 0.1) is 0 Å². The van der Waals surface area contributed by atoms with E-state index in [9.17, 15) is 4.79 Å². The predicted molar refractivity (Wildman–Crippen MR) is 103 cm³/mol. The molecule has 2 fully saturated rings. The van der Waals surface area contributed by atoms with E-state index < -0.39 is 6.10 Å². The van der Waals surface area contributed by atoms with Crippen LogP contribution in [0.25, 0.3) is 11.0 Å². The molecule has 0 radical (unpaired) electrons. The van der Waals surface area contributed by atoms with Crippen LogP contribution in [-0.2, 0) is 11.3 Å². The minimum atomic E-state index is -0.492. The molecule has 1 aliphatic heterocycles. The van der Waals surface area contributed by atoms with Gasteiger partial charge in [0.15, 0.2) is 17.1 Å². The first-order valence-corrected chi connectivity index (χ1v) is 9.95. The van der Waals surface area contributed by atoms with Crippen molar-refractivity contribution in [3.8, 4) is 5.75 Å². The lowest BCUT2D eigenvalue weighted by Gasteiger charge is -2.23. The van der Waals surface area contributed by atoms with Gasteiger partial charge < -0.3 is 24.5 Å². The second kappa shape index (κ2) is 8.42. The molecular weight excluding hydrogens is 344 g/mol. The molecule has 0 amide bonds. The number of morpholine rings is 1. The molecule has 1 atom stereocenters. The Morgan fingerprint density at radius 2 is 2.15 bits per heavy atom. The van der Waals surface area contributed by atoms with Crippen LogP contribution in [0.4, 0.5) is 0 Å². The molecule has 2 heterocycles. The smallest absolute Gasteiger partial charge is 0.227 e. The summed E-state index contributed by atoms with van der Waals surface area (Å²) in [4.78, 5) is 12.8. The van der Waals surface area contributed by atoms with Gasteiger partial charge in [0, 0.05) is 31.1 Å². The van der Waals surface area contributed by atoms with Crippen molar-refractivity contribution in [1.29, 1.82) is 0 Å². The quantitative estimate of drug-likeness (QED) is 0.760. The number of furan rings is 1. The molecule has 4 rings (SSSR count).